The second kappa shape index (κ2) is 9.83. The smallest absolute Gasteiger partial charge is 0.338 e. The number of rotatable bonds is 5. The van der Waals surface area contributed by atoms with Crippen molar-refractivity contribution in [3.8, 4) is 0 Å². The number of hydrogen-bond acceptors (Lipinski definition) is 6. The Morgan fingerprint density at radius 1 is 0.844 bits per heavy atom. The Hall–Kier alpha value is -2.72. The van der Waals surface area contributed by atoms with Crippen LogP contribution in [0.3, 0.4) is 0 Å². The summed E-state index contributed by atoms with van der Waals surface area (Å²) in [6.45, 7) is 6.87. The van der Waals surface area contributed by atoms with E-state index in [2.05, 4.69) is 24.7 Å². The fourth-order valence-electron chi connectivity index (χ4n) is 4.06. The number of alkyl halides is 3. The molecule has 0 aliphatic carbocycles. The van der Waals surface area contributed by atoms with Crippen LogP contribution in [0.2, 0.25) is 0 Å². The SMILES string of the molecule is O=C(CN1CCN(Cc2ccc(C(F)(F)F)cc2)CC1)N1CCN(c2ncccn2)CC1. The third-order valence-corrected chi connectivity index (χ3v) is 5.98. The average Bonchev–Trinajstić information content (AvgIpc) is 2.81. The zero-order valence-corrected chi connectivity index (χ0v) is 17.8. The summed E-state index contributed by atoms with van der Waals surface area (Å²) in [6.07, 6.45) is -0.868. The van der Waals surface area contributed by atoms with Gasteiger partial charge >= 0.3 is 6.18 Å². The van der Waals surface area contributed by atoms with Crippen LogP contribution >= 0.6 is 0 Å². The fourth-order valence-corrected chi connectivity index (χ4v) is 4.06. The Balaban J connectivity index is 1.18. The molecule has 0 radical (unpaired) electrons. The number of aromatic nitrogens is 2. The lowest BCUT2D eigenvalue weighted by atomic mass is 10.1. The maximum atomic E-state index is 12.7. The van der Waals surface area contributed by atoms with E-state index in [-0.39, 0.29) is 5.91 Å². The van der Waals surface area contributed by atoms with Crippen molar-refractivity contribution in [2.75, 3.05) is 63.8 Å². The van der Waals surface area contributed by atoms with E-state index >= 15 is 0 Å². The van der Waals surface area contributed by atoms with Gasteiger partial charge < -0.3 is 9.80 Å². The first kappa shape index (κ1) is 22.5. The Kier molecular flexibility index (Phi) is 6.90. The minimum atomic E-state index is -4.31. The molecule has 0 bridgehead atoms. The van der Waals surface area contributed by atoms with E-state index in [9.17, 15) is 18.0 Å². The average molecular weight is 448 g/mol. The van der Waals surface area contributed by atoms with Gasteiger partial charge in [0.15, 0.2) is 0 Å². The molecule has 2 fully saturated rings. The van der Waals surface area contributed by atoms with Crippen molar-refractivity contribution in [2.45, 2.75) is 12.7 Å². The van der Waals surface area contributed by atoms with Gasteiger partial charge in [0.25, 0.3) is 0 Å². The maximum Gasteiger partial charge on any atom is 0.416 e. The van der Waals surface area contributed by atoms with Crippen LogP contribution in [0.15, 0.2) is 42.7 Å². The van der Waals surface area contributed by atoms with Gasteiger partial charge in [0.05, 0.1) is 12.1 Å². The molecule has 0 unspecified atom stereocenters. The second-order valence-corrected chi connectivity index (χ2v) is 8.16. The molecule has 1 aromatic heterocycles. The summed E-state index contributed by atoms with van der Waals surface area (Å²) in [5.74, 6) is 0.832. The highest BCUT2D eigenvalue weighted by molar-refractivity contribution is 5.78. The third kappa shape index (κ3) is 5.74. The molecule has 7 nitrogen and oxygen atoms in total. The Bertz CT molecular complexity index is 877. The zero-order valence-electron chi connectivity index (χ0n) is 17.8. The summed E-state index contributed by atoms with van der Waals surface area (Å²) in [6, 6.07) is 7.13. The number of hydrogen-bond donors (Lipinski definition) is 0. The number of halogens is 3. The first-order chi connectivity index (χ1) is 15.4. The minimum absolute atomic E-state index is 0.134. The van der Waals surface area contributed by atoms with Crippen molar-refractivity contribution in [3.05, 3.63) is 53.9 Å². The van der Waals surface area contributed by atoms with Crippen molar-refractivity contribution in [3.63, 3.8) is 0 Å². The number of carbonyl (C=O) groups excluding carboxylic acids is 1. The van der Waals surface area contributed by atoms with Crippen molar-refractivity contribution >= 4 is 11.9 Å². The summed E-state index contributed by atoms with van der Waals surface area (Å²) < 4.78 is 38.1. The molecule has 0 spiro atoms. The molecule has 1 amide bonds. The van der Waals surface area contributed by atoms with Crippen LogP contribution < -0.4 is 4.90 Å². The van der Waals surface area contributed by atoms with Gasteiger partial charge in [0.1, 0.15) is 0 Å². The lowest BCUT2D eigenvalue weighted by Gasteiger charge is -2.38. The van der Waals surface area contributed by atoms with Gasteiger partial charge in [0, 0.05) is 71.3 Å². The molecule has 10 heteroatoms. The number of amides is 1. The Labute approximate surface area is 185 Å². The third-order valence-electron chi connectivity index (χ3n) is 5.98. The van der Waals surface area contributed by atoms with Gasteiger partial charge in [-0.25, -0.2) is 9.97 Å². The van der Waals surface area contributed by atoms with E-state index in [1.54, 1.807) is 30.6 Å². The predicted octanol–water partition coefficient (Wildman–Crippen LogP) is 1.96. The molecular formula is C22H27F3N6O. The molecule has 2 aromatic rings. The fraction of sp³-hybridized carbons (Fsp3) is 0.500. The molecular weight excluding hydrogens is 421 g/mol. The van der Waals surface area contributed by atoms with Crippen LogP contribution in [-0.4, -0.2) is 89.5 Å². The topological polar surface area (TPSA) is 55.8 Å². The first-order valence-corrected chi connectivity index (χ1v) is 10.8. The second-order valence-electron chi connectivity index (χ2n) is 8.16. The number of nitrogens with zero attached hydrogens (tertiary/aromatic N) is 6. The van der Waals surface area contributed by atoms with E-state index in [1.807, 2.05) is 4.90 Å². The van der Waals surface area contributed by atoms with Gasteiger partial charge in [-0.3, -0.25) is 14.6 Å². The Morgan fingerprint density at radius 2 is 1.44 bits per heavy atom. The zero-order chi connectivity index (χ0) is 22.6. The van der Waals surface area contributed by atoms with Crippen LogP contribution in [0.4, 0.5) is 19.1 Å². The van der Waals surface area contributed by atoms with E-state index in [0.29, 0.717) is 32.1 Å². The number of piperazine rings is 2. The monoisotopic (exact) mass is 448 g/mol. The number of benzene rings is 1. The standard InChI is InChI=1S/C22H27F3N6O/c23-22(24,25)19-4-2-18(3-5-19)16-28-8-10-29(11-9-28)17-20(32)30-12-14-31(15-13-30)21-26-6-1-7-27-21/h1-7H,8-17H2. The molecule has 2 aliphatic heterocycles. The van der Waals surface area contributed by atoms with Crippen LogP contribution in [0.1, 0.15) is 11.1 Å². The molecule has 3 heterocycles. The molecule has 0 saturated carbocycles. The van der Waals surface area contributed by atoms with Gasteiger partial charge in [-0.05, 0) is 23.8 Å². The minimum Gasteiger partial charge on any atom is -0.338 e. The molecule has 32 heavy (non-hydrogen) atoms. The molecule has 0 atom stereocenters. The van der Waals surface area contributed by atoms with E-state index in [4.69, 9.17) is 0 Å². The van der Waals surface area contributed by atoms with Crippen molar-refractivity contribution < 1.29 is 18.0 Å². The predicted molar refractivity (Wildman–Crippen MR) is 114 cm³/mol. The largest absolute Gasteiger partial charge is 0.416 e. The van der Waals surface area contributed by atoms with Gasteiger partial charge in [-0.2, -0.15) is 13.2 Å². The first-order valence-electron chi connectivity index (χ1n) is 10.8. The van der Waals surface area contributed by atoms with Gasteiger partial charge in [-0.1, -0.05) is 12.1 Å². The van der Waals surface area contributed by atoms with Crippen molar-refractivity contribution in [2.24, 2.45) is 0 Å². The molecule has 1 aromatic carbocycles. The summed E-state index contributed by atoms with van der Waals surface area (Å²) >= 11 is 0. The summed E-state index contributed by atoms with van der Waals surface area (Å²) in [7, 11) is 0. The lowest BCUT2D eigenvalue weighted by molar-refractivity contribution is -0.137. The molecule has 0 N–H and O–H groups in total. The normalized spacial score (nSPS) is 18.7. The summed E-state index contributed by atoms with van der Waals surface area (Å²) in [4.78, 5) is 29.6. The highest BCUT2D eigenvalue weighted by atomic mass is 19.4. The number of carbonyl (C=O) groups is 1. The van der Waals surface area contributed by atoms with Gasteiger partial charge in [0.2, 0.25) is 11.9 Å². The van der Waals surface area contributed by atoms with E-state index in [0.717, 1.165) is 57.0 Å². The number of anilines is 1. The highest BCUT2D eigenvalue weighted by Gasteiger charge is 2.30. The molecule has 2 saturated heterocycles. The van der Waals surface area contributed by atoms with Gasteiger partial charge in [-0.15, -0.1) is 0 Å². The van der Waals surface area contributed by atoms with Crippen LogP contribution in [0, 0.1) is 0 Å². The van der Waals surface area contributed by atoms with E-state index < -0.39 is 11.7 Å². The van der Waals surface area contributed by atoms with Crippen molar-refractivity contribution in [1.29, 1.82) is 0 Å². The highest BCUT2D eigenvalue weighted by Crippen LogP contribution is 2.29. The van der Waals surface area contributed by atoms with Crippen molar-refractivity contribution in [1.82, 2.24) is 24.7 Å². The lowest BCUT2D eigenvalue weighted by Crippen LogP contribution is -2.54. The van der Waals surface area contributed by atoms with Crippen LogP contribution in [-0.2, 0) is 17.5 Å². The summed E-state index contributed by atoms with van der Waals surface area (Å²) in [5, 5.41) is 0. The molecule has 4 rings (SSSR count). The summed E-state index contributed by atoms with van der Waals surface area (Å²) in [5.41, 5.74) is 0.240. The van der Waals surface area contributed by atoms with Crippen LogP contribution in [0.5, 0.6) is 0 Å². The maximum absolute atomic E-state index is 12.7. The quantitative estimate of drug-likeness (QED) is 0.697. The van der Waals surface area contributed by atoms with E-state index in [1.165, 1.54) is 0 Å². The van der Waals surface area contributed by atoms with Crippen LogP contribution in [0.25, 0.3) is 0 Å². The molecule has 2 aliphatic rings. The molecule has 172 valence electrons. The Morgan fingerprint density at radius 3 is 2.03 bits per heavy atom.